The van der Waals surface area contributed by atoms with E-state index in [0.717, 1.165) is 45.0 Å². The van der Waals surface area contributed by atoms with Crippen LogP contribution in [0.4, 0.5) is 19.1 Å². The number of carboxylic acid groups (broad SMARTS) is 1. The fourth-order valence-electron chi connectivity index (χ4n) is 4.55. The van der Waals surface area contributed by atoms with E-state index in [9.17, 15) is 22.8 Å². The number of nitrogens with zero attached hydrogens (tertiary/aromatic N) is 5. The Labute approximate surface area is 205 Å². The van der Waals surface area contributed by atoms with Crippen LogP contribution in [0.1, 0.15) is 39.0 Å². The van der Waals surface area contributed by atoms with E-state index in [1.807, 2.05) is 4.57 Å². The highest BCUT2D eigenvalue weighted by Gasteiger charge is 2.38. The monoisotopic (exact) mass is 512 g/mol. The zero-order valence-corrected chi connectivity index (χ0v) is 20.4. The zero-order valence-electron chi connectivity index (χ0n) is 20.4. The van der Waals surface area contributed by atoms with Crippen LogP contribution in [0.15, 0.2) is 9.59 Å². The zero-order chi connectivity index (χ0) is 26.5. The molecular formula is C23H31F3N6O4. The molecule has 0 spiro atoms. The third-order valence-electron chi connectivity index (χ3n) is 6.43. The summed E-state index contributed by atoms with van der Waals surface area (Å²) in [5.74, 6) is 4.45. The third kappa shape index (κ3) is 6.10. The number of anilines is 1. The lowest BCUT2D eigenvalue weighted by molar-refractivity contribution is -0.192. The van der Waals surface area contributed by atoms with E-state index >= 15 is 0 Å². The highest BCUT2D eigenvalue weighted by atomic mass is 19.4. The standard InChI is InChI=1S/C21H30N6O2.C2HF3O2/c1-3-4-12-26-17-18(23-20(26)25-13-10-22-11-14-25)27(21(29)24(2)19(17)28)15-16-8-6-5-7-9-16;3-2(4,5)1(6)7/h16,22H,5-15H2,1-2H3;(H,6,7). The van der Waals surface area contributed by atoms with Gasteiger partial charge in [-0.3, -0.25) is 18.5 Å². The molecule has 4 rings (SSSR count). The van der Waals surface area contributed by atoms with Gasteiger partial charge in [0.1, 0.15) is 0 Å². The lowest BCUT2D eigenvalue weighted by Gasteiger charge is -2.28. The summed E-state index contributed by atoms with van der Waals surface area (Å²) in [7, 11) is 1.56. The van der Waals surface area contributed by atoms with Crippen LogP contribution in [-0.4, -0.2) is 62.1 Å². The van der Waals surface area contributed by atoms with E-state index < -0.39 is 12.1 Å². The largest absolute Gasteiger partial charge is 0.490 e. The van der Waals surface area contributed by atoms with E-state index in [1.54, 1.807) is 18.5 Å². The van der Waals surface area contributed by atoms with Crippen LogP contribution in [0.25, 0.3) is 11.2 Å². The predicted octanol–water partition coefficient (Wildman–Crippen LogP) is 1.54. The predicted molar refractivity (Wildman–Crippen MR) is 128 cm³/mol. The number of hydrogen-bond acceptors (Lipinski definition) is 6. The smallest absolute Gasteiger partial charge is 0.475 e. The molecule has 2 aliphatic rings. The minimum absolute atomic E-state index is 0.272. The molecule has 10 nitrogen and oxygen atoms in total. The maximum absolute atomic E-state index is 13.1. The van der Waals surface area contributed by atoms with Gasteiger partial charge in [-0.15, -0.1) is 5.92 Å². The molecule has 1 saturated carbocycles. The first-order valence-corrected chi connectivity index (χ1v) is 11.9. The van der Waals surface area contributed by atoms with Crippen LogP contribution in [0.5, 0.6) is 0 Å². The van der Waals surface area contributed by atoms with Gasteiger partial charge in [-0.05, 0) is 25.7 Å². The summed E-state index contributed by atoms with van der Waals surface area (Å²) < 4.78 is 36.6. The van der Waals surface area contributed by atoms with Gasteiger partial charge in [0.25, 0.3) is 5.56 Å². The fraction of sp³-hybridized carbons (Fsp3) is 0.652. The van der Waals surface area contributed by atoms with Gasteiger partial charge in [-0.1, -0.05) is 25.2 Å². The number of nitrogens with one attached hydrogen (secondary N) is 1. The van der Waals surface area contributed by atoms with Gasteiger partial charge < -0.3 is 15.3 Å². The van der Waals surface area contributed by atoms with Crippen molar-refractivity contribution < 1.29 is 23.1 Å². The fourth-order valence-corrected chi connectivity index (χ4v) is 4.55. The van der Waals surface area contributed by atoms with Crippen molar-refractivity contribution in [1.29, 1.82) is 0 Å². The minimum atomic E-state index is -5.08. The first-order valence-electron chi connectivity index (χ1n) is 11.9. The maximum Gasteiger partial charge on any atom is 0.490 e. The van der Waals surface area contributed by atoms with E-state index in [0.29, 0.717) is 30.2 Å². The lowest BCUT2D eigenvalue weighted by atomic mass is 9.89. The highest BCUT2D eigenvalue weighted by molar-refractivity contribution is 5.75. The maximum atomic E-state index is 13.1. The van der Waals surface area contributed by atoms with Crippen molar-refractivity contribution in [1.82, 2.24) is 24.0 Å². The van der Waals surface area contributed by atoms with Crippen LogP contribution >= 0.6 is 0 Å². The molecular weight excluding hydrogens is 481 g/mol. The molecule has 0 amide bonds. The molecule has 198 valence electrons. The van der Waals surface area contributed by atoms with Gasteiger partial charge in [0, 0.05) is 39.8 Å². The molecule has 0 radical (unpaired) electrons. The molecule has 1 saturated heterocycles. The number of carboxylic acids is 1. The van der Waals surface area contributed by atoms with Crippen LogP contribution < -0.4 is 21.5 Å². The highest BCUT2D eigenvalue weighted by Crippen LogP contribution is 2.26. The molecule has 2 aromatic heterocycles. The molecule has 1 aliphatic heterocycles. The van der Waals surface area contributed by atoms with Crippen LogP contribution in [0.2, 0.25) is 0 Å². The van der Waals surface area contributed by atoms with Crippen molar-refractivity contribution in [2.24, 2.45) is 13.0 Å². The average molecular weight is 513 g/mol. The van der Waals surface area contributed by atoms with Crippen LogP contribution in [0.3, 0.4) is 0 Å². The van der Waals surface area contributed by atoms with Gasteiger partial charge in [0.2, 0.25) is 5.95 Å². The Bertz CT molecular complexity index is 1260. The number of fused-ring (bicyclic) bond motifs is 1. The lowest BCUT2D eigenvalue weighted by Crippen LogP contribution is -2.44. The Morgan fingerprint density at radius 3 is 2.31 bits per heavy atom. The van der Waals surface area contributed by atoms with Crippen LogP contribution in [-0.2, 0) is 24.9 Å². The van der Waals surface area contributed by atoms with Crippen molar-refractivity contribution in [3.8, 4) is 11.8 Å². The van der Waals surface area contributed by atoms with Crippen molar-refractivity contribution in [3.05, 3.63) is 20.8 Å². The second-order valence-electron chi connectivity index (χ2n) is 8.90. The summed E-state index contributed by atoms with van der Waals surface area (Å²) in [6, 6.07) is 0. The van der Waals surface area contributed by atoms with Gasteiger partial charge in [-0.25, -0.2) is 9.59 Å². The summed E-state index contributed by atoms with van der Waals surface area (Å²) in [6.45, 7) is 6.18. The number of aromatic nitrogens is 4. The molecule has 2 N–H and O–H groups in total. The summed E-state index contributed by atoms with van der Waals surface area (Å²) >= 11 is 0. The number of aliphatic carboxylic acids is 1. The Hall–Kier alpha value is -3.27. The number of carbonyl (C=O) groups is 1. The molecule has 13 heteroatoms. The molecule has 0 atom stereocenters. The van der Waals surface area contributed by atoms with Gasteiger partial charge in [-0.2, -0.15) is 18.2 Å². The second-order valence-corrected chi connectivity index (χ2v) is 8.90. The molecule has 0 unspecified atom stereocenters. The minimum Gasteiger partial charge on any atom is -0.475 e. The normalized spacial score (nSPS) is 16.8. The number of rotatable bonds is 4. The number of imidazole rings is 1. The quantitative estimate of drug-likeness (QED) is 0.598. The Morgan fingerprint density at radius 2 is 1.75 bits per heavy atom. The topological polar surface area (TPSA) is 114 Å². The summed E-state index contributed by atoms with van der Waals surface area (Å²) in [5, 5.41) is 10.5. The first-order chi connectivity index (χ1) is 17.1. The molecule has 2 fully saturated rings. The van der Waals surface area contributed by atoms with E-state index in [1.165, 1.54) is 23.8 Å². The molecule has 36 heavy (non-hydrogen) atoms. The number of piperazine rings is 1. The molecule has 1 aliphatic carbocycles. The van der Waals surface area contributed by atoms with E-state index in [2.05, 4.69) is 22.1 Å². The molecule has 0 bridgehead atoms. The number of alkyl halides is 3. The Balaban J connectivity index is 0.000000454. The van der Waals surface area contributed by atoms with Crippen molar-refractivity contribution in [3.63, 3.8) is 0 Å². The van der Waals surface area contributed by atoms with E-state index in [-0.39, 0.29) is 11.2 Å². The van der Waals surface area contributed by atoms with Crippen LogP contribution in [0, 0.1) is 17.8 Å². The molecule has 3 heterocycles. The van der Waals surface area contributed by atoms with Gasteiger partial charge in [0.15, 0.2) is 11.2 Å². The molecule has 0 aromatic carbocycles. The van der Waals surface area contributed by atoms with Crippen molar-refractivity contribution >= 4 is 23.1 Å². The third-order valence-corrected chi connectivity index (χ3v) is 6.43. The average Bonchev–Trinajstić information content (AvgIpc) is 3.24. The summed E-state index contributed by atoms with van der Waals surface area (Å²) in [4.78, 5) is 42.0. The SMILES string of the molecule is CC#CCn1c(N2CCNCC2)nc2c1c(=O)n(C)c(=O)n2CC1CCCCC1.O=C(O)C(F)(F)F. The Morgan fingerprint density at radius 1 is 1.14 bits per heavy atom. The molecule has 2 aromatic rings. The van der Waals surface area contributed by atoms with Gasteiger partial charge >= 0.3 is 17.8 Å². The summed E-state index contributed by atoms with van der Waals surface area (Å²) in [6.07, 6.45) is 0.861. The Kier molecular flexibility index (Phi) is 8.84. The first kappa shape index (κ1) is 27.3. The van der Waals surface area contributed by atoms with Crippen molar-refractivity contribution in [2.75, 3.05) is 31.1 Å². The number of halogens is 3. The number of hydrogen-bond donors (Lipinski definition) is 2. The summed E-state index contributed by atoms with van der Waals surface area (Å²) in [5.41, 5.74) is 0.428. The van der Waals surface area contributed by atoms with Gasteiger partial charge in [0.05, 0.1) is 6.54 Å². The van der Waals surface area contributed by atoms with Crippen molar-refractivity contribution in [2.45, 2.75) is 58.3 Å². The van der Waals surface area contributed by atoms with E-state index in [4.69, 9.17) is 14.9 Å². The second kappa shape index (κ2) is 11.6.